The van der Waals surface area contributed by atoms with Gasteiger partial charge in [0.05, 0.1) is 0 Å². The van der Waals surface area contributed by atoms with Gasteiger partial charge < -0.3 is 0 Å². The predicted molar refractivity (Wildman–Crippen MR) is 39.4 cm³/mol. The van der Waals surface area contributed by atoms with Crippen LogP contribution < -0.4 is 0 Å². The molecule has 0 radical (unpaired) electrons. The van der Waals surface area contributed by atoms with Gasteiger partial charge in [-0.15, -0.1) is 0 Å². The summed E-state index contributed by atoms with van der Waals surface area (Å²) in [7, 11) is 0. The average molecular weight is 224 g/mol. The number of nitrogens with zero attached hydrogens (tertiary/aromatic N) is 1. The normalized spacial score (nSPS) is 40.6. The van der Waals surface area contributed by atoms with Crippen LogP contribution in [0.1, 0.15) is 13.3 Å². The van der Waals surface area contributed by atoms with Crippen LogP contribution >= 0.6 is 5.96 Å². The van der Waals surface area contributed by atoms with Crippen molar-refractivity contribution in [2.45, 2.75) is 19.4 Å². The molecule has 1 saturated heterocycles. The van der Waals surface area contributed by atoms with Gasteiger partial charge in [0.1, 0.15) is 0 Å². The molecule has 0 aromatic heterocycles. The Kier molecular flexibility index (Phi) is 2.68. The standard InChI is InChI=1S/C5H8NO2PSe/c1-5-2-3-7-9(10,4-6)8-5/h5H,2-3H2,1H3/t5-,9-/m0/s1. The van der Waals surface area contributed by atoms with E-state index in [1.54, 1.807) is 0 Å². The Morgan fingerprint density at radius 2 is 2.50 bits per heavy atom. The number of nitriles is 1. The molecule has 56 valence electrons. The van der Waals surface area contributed by atoms with Crippen LogP contribution in [0.2, 0.25) is 0 Å². The van der Waals surface area contributed by atoms with Crippen LogP contribution in [-0.4, -0.2) is 27.8 Å². The summed E-state index contributed by atoms with van der Waals surface area (Å²) in [6.07, 6.45) is 1.04. The van der Waals surface area contributed by atoms with Crippen molar-refractivity contribution in [2.75, 3.05) is 6.61 Å². The molecule has 0 amide bonds. The Balaban J connectivity index is 2.65. The van der Waals surface area contributed by atoms with Crippen molar-refractivity contribution >= 4 is 21.1 Å². The molecule has 0 N–H and O–H groups in total. The van der Waals surface area contributed by atoms with Crippen molar-refractivity contribution in [3.05, 3.63) is 0 Å². The third-order valence-electron chi connectivity index (χ3n) is 1.23. The molecule has 2 atom stereocenters. The number of hydrogen-bond acceptors (Lipinski definition) is 3. The van der Waals surface area contributed by atoms with Crippen LogP contribution in [0.15, 0.2) is 0 Å². The van der Waals surface area contributed by atoms with Crippen molar-refractivity contribution < 1.29 is 9.05 Å². The first-order valence-corrected chi connectivity index (χ1v) is 6.85. The van der Waals surface area contributed by atoms with Gasteiger partial charge in [0, 0.05) is 0 Å². The van der Waals surface area contributed by atoms with Crippen molar-refractivity contribution in [1.29, 1.82) is 5.26 Å². The van der Waals surface area contributed by atoms with Gasteiger partial charge in [0.25, 0.3) is 0 Å². The summed E-state index contributed by atoms with van der Waals surface area (Å²) in [6, 6.07) is 0. The van der Waals surface area contributed by atoms with E-state index in [0.717, 1.165) is 6.42 Å². The first-order chi connectivity index (χ1) is 4.66. The van der Waals surface area contributed by atoms with Gasteiger partial charge in [-0.05, 0) is 0 Å². The molecule has 1 aliphatic rings. The second-order valence-electron chi connectivity index (χ2n) is 2.14. The molecular formula is C5H8NO2PSe. The van der Waals surface area contributed by atoms with Gasteiger partial charge >= 0.3 is 67.2 Å². The van der Waals surface area contributed by atoms with E-state index in [2.05, 4.69) is 15.1 Å². The zero-order chi connectivity index (χ0) is 7.61. The van der Waals surface area contributed by atoms with Gasteiger partial charge in [-0.3, -0.25) is 0 Å². The van der Waals surface area contributed by atoms with Gasteiger partial charge in [-0.2, -0.15) is 0 Å². The van der Waals surface area contributed by atoms with E-state index >= 15 is 0 Å². The summed E-state index contributed by atoms with van der Waals surface area (Å²) < 4.78 is 10.5. The zero-order valence-corrected chi connectivity index (χ0v) is 8.22. The zero-order valence-electron chi connectivity index (χ0n) is 5.61. The minimum absolute atomic E-state index is 0.156. The van der Waals surface area contributed by atoms with Gasteiger partial charge in [0.15, 0.2) is 0 Å². The van der Waals surface area contributed by atoms with Crippen LogP contribution in [0.5, 0.6) is 0 Å². The molecule has 0 bridgehead atoms. The Bertz CT molecular complexity index is 212. The van der Waals surface area contributed by atoms with Gasteiger partial charge in [-0.1, -0.05) is 0 Å². The molecule has 1 rings (SSSR count). The molecule has 10 heavy (non-hydrogen) atoms. The molecule has 1 heterocycles. The molecule has 3 nitrogen and oxygen atoms in total. The monoisotopic (exact) mass is 225 g/mol. The summed E-state index contributed by atoms with van der Waals surface area (Å²) in [5, 5.41) is 8.59. The quantitative estimate of drug-likeness (QED) is 0.459. The van der Waals surface area contributed by atoms with Crippen LogP contribution in [0.3, 0.4) is 0 Å². The van der Waals surface area contributed by atoms with Crippen molar-refractivity contribution in [1.82, 2.24) is 0 Å². The van der Waals surface area contributed by atoms with Gasteiger partial charge in [-0.25, -0.2) is 0 Å². The molecule has 0 unspecified atom stereocenters. The van der Waals surface area contributed by atoms with Crippen LogP contribution in [0.25, 0.3) is 0 Å². The summed E-state index contributed by atoms with van der Waals surface area (Å²) in [4.78, 5) is 0. The topological polar surface area (TPSA) is 42.2 Å². The third-order valence-corrected chi connectivity index (χ3v) is 4.35. The van der Waals surface area contributed by atoms with E-state index in [-0.39, 0.29) is 6.10 Å². The Hall–Kier alpha value is 0.359. The summed E-state index contributed by atoms with van der Waals surface area (Å²) in [5.74, 6) is -0.198. The van der Waals surface area contributed by atoms with E-state index in [9.17, 15) is 0 Å². The average Bonchev–Trinajstić information content (AvgIpc) is 1.88. The van der Waals surface area contributed by atoms with E-state index in [4.69, 9.17) is 14.3 Å². The Morgan fingerprint density at radius 1 is 1.80 bits per heavy atom. The Morgan fingerprint density at radius 3 is 2.90 bits per heavy atom. The number of hydrogen-bond donors (Lipinski definition) is 0. The van der Waals surface area contributed by atoms with Crippen molar-refractivity contribution in [3.63, 3.8) is 0 Å². The van der Waals surface area contributed by atoms with Crippen LogP contribution in [0, 0.1) is 11.1 Å². The molecule has 0 aromatic rings. The maximum atomic E-state index is 8.59. The van der Waals surface area contributed by atoms with Gasteiger partial charge in [0.2, 0.25) is 0 Å². The number of rotatable bonds is 0. The molecule has 5 heteroatoms. The second kappa shape index (κ2) is 3.17. The van der Waals surface area contributed by atoms with Crippen LogP contribution in [-0.2, 0) is 9.05 Å². The first-order valence-electron chi connectivity index (χ1n) is 3.00. The molecule has 1 aliphatic heterocycles. The molecule has 0 aliphatic carbocycles. The van der Waals surface area contributed by atoms with E-state index in [1.807, 2.05) is 12.7 Å². The third kappa shape index (κ3) is 1.92. The van der Waals surface area contributed by atoms with E-state index in [1.165, 1.54) is 0 Å². The fourth-order valence-corrected chi connectivity index (χ4v) is 3.20. The fourth-order valence-electron chi connectivity index (χ4n) is 0.711. The van der Waals surface area contributed by atoms with E-state index < -0.39 is 5.96 Å². The summed E-state index contributed by atoms with van der Waals surface area (Å²) >= 11 is 2.68. The van der Waals surface area contributed by atoms with E-state index in [0.29, 0.717) is 6.61 Å². The SMILES string of the molecule is C[C@H]1CCO[P@@](=[Se])(C#N)O1. The molecule has 0 aromatic carbocycles. The van der Waals surface area contributed by atoms with Crippen molar-refractivity contribution in [3.8, 4) is 5.81 Å². The summed E-state index contributed by atoms with van der Waals surface area (Å²) in [5.41, 5.74) is 0. The Labute approximate surface area is 67.7 Å². The fraction of sp³-hybridized carbons (Fsp3) is 0.800. The minimum atomic E-state index is -2.22. The molecule has 0 saturated carbocycles. The predicted octanol–water partition coefficient (Wildman–Crippen LogP) is 1.22. The molecule has 0 spiro atoms. The maximum absolute atomic E-state index is 8.59. The molecular weight excluding hydrogens is 216 g/mol. The second-order valence-corrected chi connectivity index (χ2v) is 6.83. The molecule has 1 fully saturated rings. The van der Waals surface area contributed by atoms with Crippen LogP contribution in [0.4, 0.5) is 0 Å². The summed E-state index contributed by atoms with van der Waals surface area (Å²) in [6.45, 7) is 2.58. The first kappa shape index (κ1) is 8.46. The van der Waals surface area contributed by atoms with Crippen molar-refractivity contribution in [2.24, 2.45) is 0 Å².